The van der Waals surface area contributed by atoms with Crippen LogP contribution in [0.1, 0.15) is 25.8 Å². The van der Waals surface area contributed by atoms with Crippen LogP contribution in [0.15, 0.2) is 17.0 Å². The van der Waals surface area contributed by atoms with Gasteiger partial charge in [0.25, 0.3) is 0 Å². The van der Waals surface area contributed by atoms with E-state index in [0.717, 1.165) is 29.2 Å². The third-order valence-corrected chi connectivity index (χ3v) is 4.30. The van der Waals surface area contributed by atoms with Crippen molar-refractivity contribution in [1.82, 2.24) is 9.88 Å². The quantitative estimate of drug-likeness (QED) is 0.916. The molecule has 0 amide bonds. The van der Waals surface area contributed by atoms with Crippen molar-refractivity contribution in [3.05, 3.63) is 38.0 Å². The van der Waals surface area contributed by atoms with E-state index in [2.05, 4.69) is 9.88 Å². The molecule has 0 fully saturated rings. The average Bonchev–Trinajstić information content (AvgIpc) is 2.89. The molecule has 1 N–H and O–H groups in total. The van der Waals surface area contributed by atoms with Crippen LogP contribution in [-0.4, -0.2) is 28.0 Å². The largest absolute Gasteiger partial charge is 0.477 e. The second kappa shape index (κ2) is 5.60. The van der Waals surface area contributed by atoms with Crippen molar-refractivity contribution >= 4 is 28.6 Å². The summed E-state index contributed by atoms with van der Waals surface area (Å²) in [6.45, 7) is 3.48. The Labute approximate surface area is 114 Å². The Bertz CT molecular complexity index is 534. The highest BCUT2D eigenvalue weighted by Crippen LogP contribution is 2.23. The summed E-state index contributed by atoms with van der Waals surface area (Å²) < 4.78 is 0. The van der Waals surface area contributed by atoms with Gasteiger partial charge in [-0.05, 0) is 25.6 Å². The van der Waals surface area contributed by atoms with Gasteiger partial charge < -0.3 is 5.11 Å². The fraction of sp³-hybridized carbons (Fsp3) is 0.333. The summed E-state index contributed by atoms with van der Waals surface area (Å²) in [6, 6.07) is 1.76. The van der Waals surface area contributed by atoms with Crippen LogP contribution in [0, 0.1) is 6.92 Å². The molecule has 96 valence electrons. The summed E-state index contributed by atoms with van der Waals surface area (Å²) in [6.07, 6.45) is 0. The molecule has 0 bridgehead atoms. The first-order valence-corrected chi connectivity index (χ1v) is 7.20. The highest BCUT2D eigenvalue weighted by molar-refractivity contribution is 7.14. The highest BCUT2D eigenvalue weighted by Gasteiger charge is 2.12. The summed E-state index contributed by atoms with van der Waals surface area (Å²) in [7, 11) is 2.01. The molecule has 4 nitrogen and oxygen atoms in total. The Morgan fingerprint density at radius 3 is 2.83 bits per heavy atom. The second-order valence-corrected chi connectivity index (χ2v) is 6.12. The molecule has 0 aliphatic heterocycles. The average molecular weight is 282 g/mol. The predicted octanol–water partition coefficient (Wildman–Crippen LogP) is 2.84. The Kier molecular flexibility index (Phi) is 4.11. The number of carboxylic acid groups (broad SMARTS) is 1. The van der Waals surface area contributed by atoms with Crippen LogP contribution in [0.25, 0.3) is 0 Å². The lowest BCUT2D eigenvalue weighted by atomic mass is 10.2. The number of carbonyl (C=O) groups is 1. The van der Waals surface area contributed by atoms with Crippen LogP contribution in [0.5, 0.6) is 0 Å². The molecule has 0 atom stereocenters. The summed E-state index contributed by atoms with van der Waals surface area (Å²) in [5.74, 6) is -0.850. The van der Waals surface area contributed by atoms with Gasteiger partial charge in [0.1, 0.15) is 4.88 Å². The van der Waals surface area contributed by atoms with E-state index in [0.29, 0.717) is 4.88 Å². The van der Waals surface area contributed by atoms with Crippen molar-refractivity contribution in [2.45, 2.75) is 20.0 Å². The maximum Gasteiger partial charge on any atom is 0.345 e. The number of aromatic nitrogens is 1. The van der Waals surface area contributed by atoms with E-state index in [4.69, 9.17) is 5.11 Å². The van der Waals surface area contributed by atoms with E-state index in [-0.39, 0.29) is 0 Å². The van der Waals surface area contributed by atoms with E-state index < -0.39 is 5.97 Å². The van der Waals surface area contributed by atoms with E-state index >= 15 is 0 Å². The zero-order chi connectivity index (χ0) is 13.1. The fourth-order valence-electron chi connectivity index (χ4n) is 1.72. The molecule has 0 radical (unpaired) electrons. The minimum atomic E-state index is -0.850. The van der Waals surface area contributed by atoms with Crippen molar-refractivity contribution in [3.8, 4) is 0 Å². The highest BCUT2D eigenvalue weighted by atomic mass is 32.1. The number of rotatable bonds is 5. The molecule has 0 spiro atoms. The summed E-state index contributed by atoms with van der Waals surface area (Å²) >= 11 is 2.92. The van der Waals surface area contributed by atoms with Crippen molar-refractivity contribution in [3.63, 3.8) is 0 Å². The first kappa shape index (κ1) is 13.2. The Morgan fingerprint density at radius 1 is 1.50 bits per heavy atom. The molecule has 0 aliphatic rings. The molecule has 0 saturated carbocycles. The lowest BCUT2D eigenvalue weighted by Crippen LogP contribution is -2.17. The first-order chi connectivity index (χ1) is 8.56. The molecule has 6 heteroatoms. The molecule has 0 aliphatic carbocycles. The monoisotopic (exact) mass is 282 g/mol. The molecule has 0 saturated heterocycles. The van der Waals surface area contributed by atoms with Crippen LogP contribution in [0.2, 0.25) is 0 Å². The lowest BCUT2D eigenvalue weighted by molar-refractivity contribution is 0.0702. The van der Waals surface area contributed by atoms with Gasteiger partial charge in [-0.3, -0.25) is 4.90 Å². The summed E-state index contributed by atoms with van der Waals surface area (Å²) in [5.41, 5.74) is 3.95. The number of carboxylic acids is 1. The third-order valence-electron chi connectivity index (χ3n) is 2.59. The van der Waals surface area contributed by atoms with Crippen LogP contribution in [0.4, 0.5) is 0 Å². The number of thiazole rings is 1. The normalized spacial score (nSPS) is 11.1. The number of aryl methyl sites for hydroxylation is 1. The number of nitrogens with zero attached hydrogens (tertiary/aromatic N) is 2. The number of aromatic carboxylic acids is 1. The molecule has 2 rings (SSSR count). The Balaban J connectivity index is 2.02. The minimum absolute atomic E-state index is 0.407. The molecule has 2 heterocycles. The van der Waals surface area contributed by atoms with Gasteiger partial charge in [-0.1, -0.05) is 0 Å². The van der Waals surface area contributed by atoms with Crippen LogP contribution >= 0.6 is 22.7 Å². The standard InChI is InChI=1S/C12H14N2O2S2/c1-8-9(3-11(18-8)12(15)16)4-14(2)5-10-6-17-7-13-10/h3,6-7H,4-5H2,1-2H3,(H,15,16). The smallest absolute Gasteiger partial charge is 0.345 e. The maximum absolute atomic E-state index is 10.9. The van der Waals surface area contributed by atoms with Gasteiger partial charge in [0, 0.05) is 23.3 Å². The Hall–Kier alpha value is -1.24. The summed E-state index contributed by atoms with van der Waals surface area (Å²) in [5, 5.41) is 11.0. The molecular weight excluding hydrogens is 268 g/mol. The van der Waals surface area contributed by atoms with E-state index in [1.165, 1.54) is 11.3 Å². The number of hydrogen-bond acceptors (Lipinski definition) is 5. The van der Waals surface area contributed by atoms with Crippen LogP contribution in [0.3, 0.4) is 0 Å². The molecule has 2 aromatic rings. The third kappa shape index (κ3) is 3.16. The predicted molar refractivity (Wildman–Crippen MR) is 73.3 cm³/mol. The topological polar surface area (TPSA) is 53.4 Å². The van der Waals surface area contributed by atoms with Gasteiger partial charge in [0.15, 0.2) is 0 Å². The van der Waals surface area contributed by atoms with Crippen molar-refractivity contribution in [2.75, 3.05) is 7.05 Å². The first-order valence-electron chi connectivity index (χ1n) is 5.44. The molecule has 0 unspecified atom stereocenters. The number of hydrogen-bond donors (Lipinski definition) is 1. The zero-order valence-electron chi connectivity index (χ0n) is 10.2. The van der Waals surface area contributed by atoms with Crippen LogP contribution < -0.4 is 0 Å². The number of thiophene rings is 1. The van der Waals surface area contributed by atoms with E-state index in [1.807, 2.05) is 24.9 Å². The van der Waals surface area contributed by atoms with Gasteiger partial charge in [0.2, 0.25) is 0 Å². The van der Waals surface area contributed by atoms with E-state index in [9.17, 15) is 4.79 Å². The summed E-state index contributed by atoms with van der Waals surface area (Å²) in [4.78, 5) is 18.7. The zero-order valence-corrected chi connectivity index (χ0v) is 11.8. The van der Waals surface area contributed by atoms with Gasteiger partial charge in [-0.25, -0.2) is 9.78 Å². The van der Waals surface area contributed by atoms with E-state index in [1.54, 1.807) is 17.4 Å². The van der Waals surface area contributed by atoms with Gasteiger partial charge in [-0.15, -0.1) is 22.7 Å². The van der Waals surface area contributed by atoms with Crippen molar-refractivity contribution < 1.29 is 9.90 Å². The van der Waals surface area contributed by atoms with Crippen molar-refractivity contribution in [2.24, 2.45) is 0 Å². The molecule has 18 heavy (non-hydrogen) atoms. The lowest BCUT2D eigenvalue weighted by Gasteiger charge is -2.14. The minimum Gasteiger partial charge on any atom is -0.477 e. The van der Waals surface area contributed by atoms with Crippen molar-refractivity contribution in [1.29, 1.82) is 0 Å². The molecule has 0 aromatic carbocycles. The maximum atomic E-state index is 10.9. The van der Waals surface area contributed by atoms with Crippen LogP contribution in [-0.2, 0) is 13.1 Å². The second-order valence-electron chi connectivity index (χ2n) is 4.15. The van der Waals surface area contributed by atoms with Gasteiger partial charge >= 0.3 is 5.97 Å². The molecular formula is C12H14N2O2S2. The van der Waals surface area contributed by atoms with Gasteiger partial charge in [-0.2, -0.15) is 0 Å². The SMILES string of the molecule is Cc1sc(C(=O)O)cc1CN(C)Cc1cscn1. The fourth-order valence-corrected chi connectivity index (χ4v) is 3.14. The molecule has 2 aromatic heterocycles. The van der Waals surface area contributed by atoms with Gasteiger partial charge in [0.05, 0.1) is 11.2 Å². The Morgan fingerprint density at radius 2 is 2.28 bits per heavy atom.